The number of nitrogens with one attached hydrogen (secondary N) is 2. The highest BCUT2D eigenvalue weighted by atomic mass is 35.5. The molecule has 0 radical (unpaired) electrons. The Morgan fingerprint density at radius 2 is 1.75 bits per heavy atom. The first kappa shape index (κ1) is 19.6. The number of hydrogen-bond donors (Lipinski definition) is 2. The zero-order valence-electron chi connectivity index (χ0n) is 15.6. The van der Waals surface area contributed by atoms with Gasteiger partial charge in [0.1, 0.15) is 5.75 Å². The van der Waals surface area contributed by atoms with Crippen molar-refractivity contribution in [1.82, 2.24) is 15.3 Å². The Hall–Kier alpha value is -3.12. The number of carbonyl (C=O) groups excluding carboxylic acids is 1. The molecule has 1 heterocycles. The molecule has 1 aromatic heterocycles. The normalized spacial score (nSPS) is 10.6. The van der Waals surface area contributed by atoms with E-state index < -0.39 is 0 Å². The molecule has 0 aliphatic rings. The van der Waals surface area contributed by atoms with Gasteiger partial charge in [0, 0.05) is 24.0 Å². The number of para-hydroxylation sites is 2. The summed E-state index contributed by atoms with van der Waals surface area (Å²) in [6.45, 7) is 4.32. The maximum atomic E-state index is 12.3. The van der Waals surface area contributed by atoms with Gasteiger partial charge in [-0.05, 0) is 43.7 Å². The zero-order valence-corrected chi connectivity index (χ0v) is 16.4. The summed E-state index contributed by atoms with van der Waals surface area (Å²) in [4.78, 5) is 20.7. The van der Waals surface area contributed by atoms with Gasteiger partial charge in [0.05, 0.1) is 17.4 Å². The summed E-state index contributed by atoms with van der Waals surface area (Å²) in [6.07, 6.45) is 3.02. The Morgan fingerprint density at radius 3 is 2.43 bits per heavy atom. The van der Waals surface area contributed by atoms with E-state index in [0.29, 0.717) is 28.8 Å². The smallest absolute Gasteiger partial charge is 0.254 e. The fourth-order valence-electron chi connectivity index (χ4n) is 2.44. The molecule has 3 rings (SSSR count). The summed E-state index contributed by atoms with van der Waals surface area (Å²) in [6, 6.07) is 14.9. The first-order valence-electron chi connectivity index (χ1n) is 8.88. The van der Waals surface area contributed by atoms with Gasteiger partial charge in [-0.3, -0.25) is 4.79 Å². The van der Waals surface area contributed by atoms with E-state index in [2.05, 4.69) is 20.6 Å². The first-order chi connectivity index (χ1) is 13.5. The van der Waals surface area contributed by atoms with Crippen LogP contribution >= 0.6 is 11.6 Å². The fraction of sp³-hybridized carbons (Fsp3) is 0.190. The van der Waals surface area contributed by atoms with Crippen molar-refractivity contribution < 1.29 is 9.53 Å². The van der Waals surface area contributed by atoms with Crippen LogP contribution in [0.2, 0.25) is 5.02 Å². The van der Waals surface area contributed by atoms with Crippen molar-refractivity contribution in [2.24, 2.45) is 0 Å². The van der Waals surface area contributed by atoms with E-state index in [1.54, 1.807) is 12.1 Å². The van der Waals surface area contributed by atoms with Crippen LogP contribution in [0, 0.1) is 0 Å². The van der Waals surface area contributed by atoms with Crippen LogP contribution in [0.3, 0.4) is 0 Å². The Bertz CT molecular complexity index is 928. The number of nitrogens with zero attached hydrogens (tertiary/aromatic N) is 2. The Morgan fingerprint density at radius 1 is 1.07 bits per heavy atom. The molecule has 2 N–H and O–H groups in total. The van der Waals surface area contributed by atoms with Crippen molar-refractivity contribution in [2.75, 3.05) is 5.32 Å². The zero-order chi connectivity index (χ0) is 19.9. The second-order valence-corrected chi connectivity index (χ2v) is 6.83. The Balaban J connectivity index is 1.62. The molecule has 0 spiro atoms. The van der Waals surface area contributed by atoms with E-state index in [4.69, 9.17) is 16.3 Å². The summed E-state index contributed by atoms with van der Waals surface area (Å²) in [5.74, 6) is 0.852. The molecule has 144 valence electrons. The lowest BCUT2D eigenvalue weighted by Gasteiger charge is -2.14. The molecule has 0 atom stereocenters. The number of anilines is 2. The number of amides is 1. The third-order valence-corrected chi connectivity index (χ3v) is 4.03. The highest BCUT2D eigenvalue weighted by Crippen LogP contribution is 2.26. The molecule has 0 bridgehead atoms. The number of benzene rings is 2. The minimum absolute atomic E-state index is 0.0515. The highest BCUT2D eigenvalue weighted by molar-refractivity contribution is 6.30. The van der Waals surface area contributed by atoms with E-state index in [-0.39, 0.29) is 12.0 Å². The molecule has 2 aromatic carbocycles. The lowest BCUT2D eigenvalue weighted by Crippen LogP contribution is -2.23. The van der Waals surface area contributed by atoms with Crippen molar-refractivity contribution in [1.29, 1.82) is 0 Å². The van der Waals surface area contributed by atoms with Crippen molar-refractivity contribution >= 4 is 29.1 Å². The van der Waals surface area contributed by atoms with Gasteiger partial charge in [-0.2, -0.15) is 0 Å². The quantitative estimate of drug-likeness (QED) is 0.610. The van der Waals surface area contributed by atoms with Gasteiger partial charge in [-0.15, -0.1) is 0 Å². The SMILES string of the molecule is CC(C)Oc1ccccc1Nc1ncc(C(=O)NCc2ccc(Cl)cc2)cn1. The summed E-state index contributed by atoms with van der Waals surface area (Å²) in [5, 5.41) is 6.61. The second kappa shape index (κ2) is 9.19. The molecule has 7 heteroatoms. The van der Waals surface area contributed by atoms with Crippen LogP contribution in [0.5, 0.6) is 5.75 Å². The van der Waals surface area contributed by atoms with Crippen molar-refractivity contribution in [2.45, 2.75) is 26.5 Å². The van der Waals surface area contributed by atoms with E-state index in [1.165, 1.54) is 12.4 Å². The molecule has 0 saturated carbocycles. The van der Waals surface area contributed by atoms with Gasteiger partial charge in [0.25, 0.3) is 5.91 Å². The van der Waals surface area contributed by atoms with E-state index >= 15 is 0 Å². The van der Waals surface area contributed by atoms with E-state index in [1.807, 2.05) is 50.2 Å². The van der Waals surface area contributed by atoms with Crippen molar-refractivity contribution in [3.05, 3.63) is 77.1 Å². The monoisotopic (exact) mass is 396 g/mol. The van der Waals surface area contributed by atoms with Gasteiger partial charge in [0.15, 0.2) is 0 Å². The number of aromatic nitrogens is 2. The number of ether oxygens (including phenoxy) is 1. The Labute approximate surface area is 168 Å². The summed E-state index contributed by atoms with van der Waals surface area (Å²) in [5.41, 5.74) is 2.10. The molecule has 6 nitrogen and oxygen atoms in total. The predicted octanol–water partition coefficient (Wildman–Crippen LogP) is 4.59. The topological polar surface area (TPSA) is 76.1 Å². The van der Waals surface area contributed by atoms with Gasteiger partial charge in [-0.1, -0.05) is 35.9 Å². The maximum Gasteiger partial charge on any atom is 0.254 e. The van der Waals surface area contributed by atoms with Gasteiger partial charge >= 0.3 is 0 Å². The minimum atomic E-state index is -0.245. The molecule has 1 amide bonds. The van der Waals surface area contributed by atoms with Crippen LogP contribution in [-0.4, -0.2) is 22.0 Å². The molecule has 0 unspecified atom stereocenters. The maximum absolute atomic E-state index is 12.3. The number of hydrogen-bond acceptors (Lipinski definition) is 5. The van der Waals surface area contributed by atoms with Gasteiger partial charge < -0.3 is 15.4 Å². The highest BCUT2D eigenvalue weighted by Gasteiger charge is 2.09. The first-order valence-corrected chi connectivity index (χ1v) is 9.26. The third-order valence-electron chi connectivity index (χ3n) is 3.78. The molecule has 3 aromatic rings. The minimum Gasteiger partial charge on any atom is -0.489 e. The van der Waals surface area contributed by atoms with Gasteiger partial charge in [-0.25, -0.2) is 9.97 Å². The average molecular weight is 397 g/mol. The van der Waals surface area contributed by atoms with Gasteiger partial charge in [0.2, 0.25) is 5.95 Å². The second-order valence-electron chi connectivity index (χ2n) is 6.39. The Kier molecular flexibility index (Phi) is 6.45. The number of halogens is 1. The van der Waals surface area contributed by atoms with Crippen LogP contribution in [0.25, 0.3) is 0 Å². The van der Waals surface area contributed by atoms with Crippen molar-refractivity contribution in [3.63, 3.8) is 0 Å². The lowest BCUT2D eigenvalue weighted by atomic mass is 10.2. The predicted molar refractivity (Wildman–Crippen MR) is 110 cm³/mol. The summed E-state index contributed by atoms with van der Waals surface area (Å²) < 4.78 is 5.77. The number of rotatable bonds is 7. The van der Waals surface area contributed by atoms with E-state index in [0.717, 1.165) is 11.3 Å². The molecule has 0 aliphatic carbocycles. The van der Waals surface area contributed by atoms with Crippen LogP contribution in [0.4, 0.5) is 11.6 Å². The average Bonchev–Trinajstić information content (AvgIpc) is 2.69. The summed E-state index contributed by atoms with van der Waals surface area (Å²) in [7, 11) is 0. The van der Waals surface area contributed by atoms with Crippen LogP contribution in [0.15, 0.2) is 60.9 Å². The molecule has 0 aliphatic heterocycles. The lowest BCUT2D eigenvalue weighted by molar-refractivity contribution is 0.0950. The third kappa shape index (κ3) is 5.44. The van der Waals surface area contributed by atoms with E-state index in [9.17, 15) is 4.79 Å². The van der Waals surface area contributed by atoms with Crippen molar-refractivity contribution in [3.8, 4) is 5.75 Å². The molecular weight excluding hydrogens is 376 g/mol. The molecule has 0 fully saturated rings. The fourth-order valence-corrected chi connectivity index (χ4v) is 2.57. The van der Waals surface area contributed by atoms with Crippen LogP contribution in [-0.2, 0) is 6.54 Å². The molecule has 28 heavy (non-hydrogen) atoms. The van der Waals surface area contributed by atoms with Crippen LogP contribution < -0.4 is 15.4 Å². The van der Waals surface area contributed by atoms with Crippen LogP contribution in [0.1, 0.15) is 29.8 Å². The standard InChI is InChI=1S/C21H21ClN4O2/c1-14(2)28-19-6-4-3-5-18(19)26-21-24-12-16(13-25-21)20(27)23-11-15-7-9-17(22)10-8-15/h3-10,12-14H,11H2,1-2H3,(H,23,27)(H,24,25,26). The molecule has 0 saturated heterocycles. The number of carbonyl (C=O) groups is 1. The largest absolute Gasteiger partial charge is 0.489 e. The molecular formula is C21H21ClN4O2. The summed E-state index contributed by atoms with van der Waals surface area (Å²) >= 11 is 5.86.